The molecule has 7 nitrogen and oxygen atoms in total. The lowest BCUT2D eigenvalue weighted by Gasteiger charge is -2.31. The van der Waals surface area contributed by atoms with Gasteiger partial charge >= 0.3 is 6.03 Å². The number of imide groups is 1. The van der Waals surface area contributed by atoms with E-state index in [1.54, 1.807) is 30.3 Å². The van der Waals surface area contributed by atoms with Gasteiger partial charge in [-0.25, -0.2) is 4.79 Å². The normalized spacial score (nSPS) is 21.6. The molecule has 0 aliphatic carbocycles. The zero-order chi connectivity index (χ0) is 18.5. The number of nitrogens with one attached hydrogen (secondary N) is 2. The van der Waals surface area contributed by atoms with Gasteiger partial charge in [-0.2, -0.15) is 0 Å². The molecule has 1 unspecified atom stereocenters. The molecule has 1 atom stereocenters. The first-order valence-corrected chi connectivity index (χ1v) is 8.69. The molecular formula is C18H14BrN3O4. The van der Waals surface area contributed by atoms with Crippen LogP contribution in [0.1, 0.15) is 21.5 Å². The van der Waals surface area contributed by atoms with E-state index in [-0.39, 0.29) is 24.7 Å². The average molecular weight is 416 g/mol. The van der Waals surface area contributed by atoms with Crippen LogP contribution in [-0.2, 0) is 16.9 Å². The van der Waals surface area contributed by atoms with E-state index in [1.807, 2.05) is 0 Å². The number of rotatable bonds is 3. The minimum absolute atomic E-state index is 0.0134. The number of amides is 4. The second-order valence-electron chi connectivity index (χ2n) is 6.32. The maximum absolute atomic E-state index is 12.7. The summed E-state index contributed by atoms with van der Waals surface area (Å²) in [7, 11) is 0. The minimum atomic E-state index is -1.36. The lowest BCUT2D eigenvalue weighted by atomic mass is 9.89. The predicted octanol–water partition coefficient (Wildman–Crippen LogP) is 1.85. The van der Waals surface area contributed by atoms with Gasteiger partial charge in [-0.05, 0) is 41.5 Å². The van der Waals surface area contributed by atoms with Crippen molar-refractivity contribution < 1.29 is 19.5 Å². The van der Waals surface area contributed by atoms with Crippen molar-refractivity contribution in [2.24, 2.45) is 0 Å². The second-order valence-corrected chi connectivity index (χ2v) is 7.24. The number of hydrogen-bond acceptors (Lipinski definition) is 4. The van der Waals surface area contributed by atoms with E-state index in [9.17, 15) is 19.5 Å². The molecule has 2 aromatic rings. The molecule has 0 bridgehead atoms. The highest BCUT2D eigenvalue weighted by atomic mass is 79.9. The molecule has 1 fully saturated rings. The van der Waals surface area contributed by atoms with E-state index in [2.05, 4.69) is 26.6 Å². The Bertz CT molecular complexity index is 944. The standard InChI is InChI=1S/C18H14BrN3O4/c19-12-3-1-11(2-4-12)18(16(25)20-17(26)21-18)9-22-8-10-7-13(23)5-6-14(10)15(22)24/h1-7,23H,8-9H2,(H2,20,21,25,26). The zero-order valence-corrected chi connectivity index (χ0v) is 15.0. The van der Waals surface area contributed by atoms with Gasteiger partial charge < -0.3 is 15.3 Å². The number of phenolic OH excluding ortho intramolecular Hbond substituents is 1. The lowest BCUT2D eigenvalue weighted by molar-refractivity contribution is -0.124. The van der Waals surface area contributed by atoms with Crippen LogP contribution in [0.3, 0.4) is 0 Å². The van der Waals surface area contributed by atoms with Gasteiger partial charge in [0.1, 0.15) is 5.75 Å². The fraction of sp³-hybridized carbons (Fsp3) is 0.167. The Hall–Kier alpha value is -2.87. The average Bonchev–Trinajstić information content (AvgIpc) is 3.05. The van der Waals surface area contributed by atoms with Gasteiger partial charge in [-0.3, -0.25) is 14.9 Å². The summed E-state index contributed by atoms with van der Waals surface area (Å²) in [6.45, 7) is 0.241. The molecule has 2 aromatic carbocycles. The van der Waals surface area contributed by atoms with Crippen LogP contribution in [-0.4, -0.2) is 34.4 Å². The Kier molecular flexibility index (Phi) is 3.73. The number of halogens is 1. The number of hydrogen-bond donors (Lipinski definition) is 3. The molecule has 26 heavy (non-hydrogen) atoms. The molecule has 8 heteroatoms. The molecule has 1 saturated heterocycles. The zero-order valence-electron chi connectivity index (χ0n) is 13.5. The van der Waals surface area contributed by atoms with Crippen molar-refractivity contribution in [2.75, 3.05) is 6.54 Å². The van der Waals surface area contributed by atoms with Crippen LogP contribution >= 0.6 is 15.9 Å². The molecule has 3 N–H and O–H groups in total. The van der Waals surface area contributed by atoms with E-state index in [0.29, 0.717) is 16.7 Å². The summed E-state index contributed by atoms with van der Waals surface area (Å²) in [5.74, 6) is -0.671. The highest BCUT2D eigenvalue weighted by Crippen LogP contribution is 2.32. The van der Waals surface area contributed by atoms with Gasteiger partial charge in [-0.15, -0.1) is 0 Å². The number of carbonyl (C=O) groups is 3. The van der Waals surface area contributed by atoms with Crippen molar-refractivity contribution >= 4 is 33.8 Å². The molecule has 0 aromatic heterocycles. The summed E-state index contributed by atoms with van der Waals surface area (Å²) in [6, 6.07) is 11.0. The number of nitrogens with zero attached hydrogens (tertiary/aromatic N) is 1. The predicted molar refractivity (Wildman–Crippen MR) is 95.3 cm³/mol. The largest absolute Gasteiger partial charge is 0.508 e. The van der Waals surface area contributed by atoms with Crippen LogP contribution < -0.4 is 10.6 Å². The molecule has 4 rings (SSSR count). The first kappa shape index (κ1) is 16.6. The quantitative estimate of drug-likeness (QED) is 0.666. The van der Waals surface area contributed by atoms with E-state index in [0.717, 1.165) is 4.47 Å². The third kappa shape index (κ3) is 2.53. The smallest absolute Gasteiger partial charge is 0.322 e. The van der Waals surface area contributed by atoms with Crippen molar-refractivity contribution in [3.05, 3.63) is 63.6 Å². The molecule has 132 valence electrons. The van der Waals surface area contributed by atoms with Gasteiger partial charge in [0.05, 0.1) is 6.54 Å². The summed E-state index contributed by atoms with van der Waals surface area (Å²) in [5, 5.41) is 14.6. The summed E-state index contributed by atoms with van der Waals surface area (Å²) < 4.78 is 0.835. The lowest BCUT2D eigenvalue weighted by Crippen LogP contribution is -2.52. The summed E-state index contributed by atoms with van der Waals surface area (Å²) >= 11 is 3.35. The van der Waals surface area contributed by atoms with E-state index < -0.39 is 17.5 Å². The Morgan fingerprint density at radius 1 is 1.12 bits per heavy atom. The van der Waals surface area contributed by atoms with Crippen LogP contribution in [0.5, 0.6) is 5.75 Å². The van der Waals surface area contributed by atoms with Crippen LogP contribution in [0.2, 0.25) is 0 Å². The summed E-state index contributed by atoms with van der Waals surface area (Å²) in [4.78, 5) is 38.7. The van der Waals surface area contributed by atoms with Crippen molar-refractivity contribution in [2.45, 2.75) is 12.1 Å². The van der Waals surface area contributed by atoms with Crippen molar-refractivity contribution in [3.63, 3.8) is 0 Å². The van der Waals surface area contributed by atoms with Crippen LogP contribution in [0.15, 0.2) is 46.9 Å². The first-order valence-electron chi connectivity index (χ1n) is 7.90. The second kappa shape index (κ2) is 5.84. The van der Waals surface area contributed by atoms with Crippen LogP contribution in [0.25, 0.3) is 0 Å². The Morgan fingerprint density at radius 3 is 2.50 bits per heavy atom. The summed E-state index contributed by atoms with van der Waals surface area (Å²) in [6.07, 6.45) is 0. The molecule has 2 heterocycles. The van der Waals surface area contributed by atoms with Gasteiger partial charge in [-0.1, -0.05) is 28.1 Å². The first-order chi connectivity index (χ1) is 12.4. The van der Waals surface area contributed by atoms with Crippen LogP contribution in [0.4, 0.5) is 4.79 Å². The number of phenols is 1. The van der Waals surface area contributed by atoms with E-state index in [1.165, 1.54) is 17.0 Å². The van der Waals surface area contributed by atoms with Crippen molar-refractivity contribution in [1.82, 2.24) is 15.5 Å². The molecule has 4 amide bonds. The fourth-order valence-corrected chi connectivity index (χ4v) is 3.68. The Morgan fingerprint density at radius 2 is 1.85 bits per heavy atom. The number of carbonyl (C=O) groups excluding carboxylic acids is 3. The minimum Gasteiger partial charge on any atom is -0.508 e. The molecule has 0 radical (unpaired) electrons. The van der Waals surface area contributed by atoms with Gasteiger partial charge in [0.25, 0.3) is 11.8 Å². The maximum Gasteiger partial charge on any atom is 0.322 e. The van der Waals surface area contributed by atoms with Crippen LogP contribution in [0, 0.1) is 0 Å². The monoisotopic (exact) mass is 415 g/mol. The Labute approximate surface area is 157 Å². The van der Waals surface area contributed by atoms with Gasteiger partial charge in [0.2, 0.25) is 0 Å². The molecule has 2 aliphatic rings. The third-order valence-electron chi connectivity index (χ3n) is 4.67. The molecule has 2 aliphatic heterocycles. The van der Waals surface area contributed by atoms with Gasteiger partial charge in [0.15, 0.2) is 5.54 Å². The highest BCUT2D eigenvalue weighted by Gasteiger charge is 2.50. The molecule has 0 saturated carbocycles. The molecule has 0 spiro atoms. The number of urea groups is 1. The highest BCUT2D eigenvalue weighted by molar-refractivity contribution is 9.10. The SMILES string of the molecule is O=C1NC(=O)C(CN2Cc3cc(O)ccc3C2=O)(c2ccc(Br)cc2)N1. The molecular weight excluding hydrogens is 402 g/mol. The number of benzene rings is 2. The van der Waals surface area contributed by atoms with Gasteiger partial charge in [0, 0.05) is 16.6 Å². The summed E-state index contributed by atoms with van der Waals surface area (Å²) in [5.41, 5.74) is 0.386. The number of fused-ring (bicyclic) bond motifs is 1. The Balaban J connectivity index is 1.71. The fourth-order valence-electron chi connectivity index (χ4n) is 3.41. The maximum atomic E-state index is 12.7. The topological polar surface area (TPSA) is 98.7 Å². The number of aromatic hydroxyl groups is 1. The third-order valence-corrected chi connectivity index (χ3v) is 5.20. The van der Waals surface area contributed by atoms with E-state index in [4.69, 9.17) is 0 Å². The van der Waals surface area contributed by atoms with Crippen molar-refractivity contribution in [3.8, 4) is 5.75 Å². The van der Waals surface area contributed by atoms with Crippen molar-refractivity contribution in [1.29, 1.82) is 0 Å². The van der Waals surface area contributed by atoms with E-state index >= 15 is 0 Å².